The molecule has 0 N–H and O–H groups in total. The molecule has 7 heteroatoms. The predicted octanol–water partition coefficient (Wildman–Crippen LogP) is 4.13. The molecule has 0 heterocycles. The highest BCUT2D eigenvalue weighted by atomic mass is 127. The highest BCUT2D eigenvalue weighted by Gasteiger charge is 2.31. The van der Waals surface area contributed by atoms with Crippen molar-refractivity contribution in [3.8, 4) is 5.75 Å². The van der Waals surface area contributed by atoms with Gasteiger partial charge in [0.2, 0.25) is 0 Å². The number of halogens is 6. The first-order valence-electron chi connectivity index (χ1n) is 3.62. The molecule has 1 nitrogen and oxygen atoms in total. The average molecular weight is 338 g/mol. The van der Waals surface area contributed by atoms with Gasteiger partial charge in [0.1, 0.15) is 5.75 Å². The molecule has 0 aromatic heterocycles. The van der Waals surface area contributed by atoms with E-state index in [-0.39, 0.29) is 3.57 Å². The first kappa shape index (κ1) is 12.5. The van der Waals surface area contributed by atoms with Crippen molar-refractivity contribution in [1.29, 1.82) is 0 Å². The van der Waals surface area contributed by atoms with Crippen LogP contribution in [0.5, 0.6) is 5.75 Å². The number of alkyl halides is 5. The fraction of sp³-hybridized carbons (Fsp3) is 0.250. The fourth-order valence-corrected chi connectivity index (χ4v) is 1.57. The third kappa shape index (κ3) is 4.18. The molecule has 84 valence electrons. The second-order valence-electron chi connectivity index (χ2n) is 2.57. The average Bonchev–Trinajstić information content (AvgIpc) is 1.99. The number of hydrogen-bond donors (Lipinski definition) is 0. The molecule has 0 amide bonds. The van der Waals surface area contributed by atoms with Crippen LogP contribution in [0.4, 0.5) is 22.0 Å². The molecule has 1 rings (SSSR count). The van der Waals surface area contributed by atoms with Gasteiger partial charge in [0.25, 0.3) is 6.43 Å². The fourth-order valence-electron chi connectivity index (χ4n) is 0.903. The number of hydrogen-bond acceptors (Lipinski definition) is 1. The summed E-state index contributed by atoms with van der Waals surface area (Å²) in [5.41, 5.74) is -0.499. The third-order valence-corrected chi connectivity index (χ3v) is 2.00. The molecular weight excluding hydrogens is 334 g/mol. The van der Waals surface area contributed by atoms with Crippen LogP contribution in [0.3, 0.4) is 0 Å². The molecule has 0 aliphatic heterocycles. The van der Waals surface area contributed by atoms with E-state index < -0.39 is 24.1 Å². The lowest BCUT2D eigenvalue weighted by Gasteiger charge is -2.10. The molecule has 0 saturated carbocycles. The Morgan fingerprint density at radius 2 is 1.73 bits per heavy atom. The van der Waals surface area contributed by atoms with Gasteiger partial charge < -0.3 is 4.74 Å². The van der Waals surface area contributed by atoms with Gasteiger partial charge in [0.15, 0.2) is 0 Å². The van der Waals surface area contributed by atoms with Crippen LogP contribution in [0.1, 0.15) is 12.0 Å². The lowest BCUT2D eigenvalue weighted by molar-refractivity contribution is -0.274. The topological polar surface area (TPSA) is 9.23 Å². The summed E-state index contributed by atoms with van der Waals surface area (Å²) in [6, 6.07) is 2.79. The second-order valence-corrected chi connectivity index (χ2v) is 3.81. The minimum absolute atomic E-state index is 0.254. The van der Waals surface area contributed by atoms with Crippen molar-refractivity contribution in [2.45, 2.75) is 12.8 Å². The molecule has 0 aliphatic rings. The van der Waals surface area contributed by atoms with Gasteiger partial charge in [-0.3, -0.25) is 0 Å². The smallest absolute Gasteiger partial charge is 0.406 e. The summed E-state index contributed by atoms with van der Waals surface area (Å²) in [6.07, 6.45) is -7.70. The molecule has 0 bridgehead atoms. The van der Waals surface area contributed by atoms with Crippen LogP contribution in [0, 0.1) is 3.57 Å². The maximum Gasteiger partial charge on any atom is 0.573 e. The lowest BCUT2D eigenvalue weighted by Crippen LogP contribution is -2.17. The van der Waals surface area contributed by atoms with Crippen molar-refractivity contribution in [2.24, 2.45) is 0 Å². The van der Waals surface area contributed by atoms with Crippen LogP contribution < -0.4 is 4.74 Å². The molecule has 0 saturated heterocycles. The van der Waals surface area contributed by atoms with E-state index in [0.29, 0.717) is 6.07 Å². The Balaban J connectivity index is 2.99. The normalized spacial score (nSPS) is 11.9. The number of benzene rings is 1. The standard InChI is InChI=1S/C8H4F5IO/c9-7(10)4-1-5(14)3-6(2-4)15-8(11,12)13/h1-3,7H. The monoisotopic (exact) mass is 338 g/mol. The highest BCUT2D eigenvalue weighted by Crippen LogP contribution is 2.29. The minimum Gasteiger partial charge on any atom is -0.406 e. The maximum absolute atomic E-state index is 12.2. The van der Waals surface area contributed by atoms with E-state index in [0.717, 1.165) is 12.1 Å². The summed E-state index contributed by atoms with van der Waals surface area (Å²) >= 11 is 1.64. The lowest BCUT2D eigenvalue weighted by atomic mass is 10.2. The largest absolute Gasteiger partial charge is 0.573 e. The van der Waals surface area contributed by atoms with Gasteiger partial charge in [-0.2, -0.15) is 0 Å². The van der Waals surface area contributed by atoms with E-state index in [1.54, 1.807) is 22.6 Å². The molecule has 1 aromatic rings. The van der Waals surface area contributed by atoms with Gasteiger partial charge in [0.05, 0.1) is 0 Å². The maximum atomic E-state index is 12.2. The first-order valence-corrected chi connectivity index (χ1v) is 4.70. The van der Waals surface area contributed by atoms with E-state index in [4.69, 9.17) is 0 Å². The van der Waals surface area contributed by atoms with Crippen molar-refractivity contribution >= 4 is 22.6 Å². The van der Waals surface area contributed by atoms with Crippen LogP contribution in [0.2, 0.25) is 0 Å². The van der Waals surface area contributed by atoms with E-state index in [9.17, 15) is 22.0 Å². The van der Waals surface area contributed by atoms with E-state index in [1.807, 2.05) is 0 Å². The Morgan fingerprint density at radius 1 is 1.13 bits per heavy atom. The van der Waals surface area contributed by atoms with Crippen LogP contribution in [-0.2, 0) is 0 Å². The molecule has 0 unspecified atom stereocenters. The predicted molar refractivity (Wildman–Crippen MR) is 50.8 cm³/mol. The third-order valence-electron chi connectivity index (χ3n) is 1.38. The zero-order valence-electron chi connectivity index (χ0n) is 6.99. The minimum atomic E-state index is -4.87. The Hall–Kier alpha value is -0.600. The summed E-state index contributed by atoms with van der Waals surface area (Å²) in [6.45, 7) is 0. The summed E-state index contributed by atoms with van der Waals surface area (Å²) in [4.78, 5) is 0. The van der Waals surface area contributed by atoms with Crippen molar-refractivity contribution in [3.05, 3.63) is 27.3 Å². The molecular formula is C8H4F5IO. The van der Waals surface area contributed by atoms with Crippen LogP contribution in [-0.4, -0.2) is 6.36 Å². The van der Waals surface area contributed by atoms with Gasteiger partial charge in [-0.1, -0.05) is 0 Å². The first-order chi connectivity index (χ1) is 6.78. The summed E-state index contributed by atoms with van der Waals surface area (Å²) in [5.74, 6) is -0.635. The highest BCUT2D eigenvalue weighted by molar-refractivity contribution is 14.1. The quantitative estimate of drug-likeness (QED) is 0.582. The van der Waals surface area contributed by atoms with Gasteiger partial charge >= 0.3 is 6.36 Å². The van der Waals surface area contributed by atoms with Gasteiger partial charge in [-0.05, 0) is 40.8 Å². The Labute approximate surface area is 95.4 Å². The van der Waals surface area contributed by atoms with E-state index >= 15 is 0 Å². The molecule has 0 spiro atoms. The molecule has 0 aliphatic carbocycles. The van der Waals surface area contributed by atoms with E-state index in [1.165, 1.54) is 0 Å². The van der Waals surface area contributed by atoms with Crippen molar-refractivity contribution in [2.75, 3.05) is 0 Å². The van der Waals surface area contributed by atoms with Crippen LogP contribution in [0.15, 0.2) is 18.2 Å². The molecule has 0 fully saturated rings. The summed E-state index contributed by atoms with van der Waals surface area (Å²) in [7, 11) is 0. The molecule has 1 aromatic carbocycles. The zero-order chi connectivity index (χ0) is 11.6. The van der Waals surface area contributed by atoms with E-state index in [2.05, 4.69) is 4.74 Å². The van der Waals surface area contributed by atoms with Gasteiger partial charge in [-0.25, -0.2) is 8.78 Å². The summed E-state index contributed by atoms with van der Waals surface area (Å²) < 4.78 is 63.6. The zero-order valence-corrected chi connectivity index (χ0v) is 9.14. The SMILES string of the molecule is FC(F)c1cc(I)cc(OC(F)(F)F)c1. The second kappa shape index (κ2) is 4.50. The molecule has 0 radical (unpaired) electrons. The molecule has 0 atom stereocenters. The van der Waals surface area contributed by atoms with Crippen LogP contribution >= 0.6 is 22.6 Å². The van der Waals surface area contributed by atoms with Crippen molar-refractivity contribution in [1.82, 2.24) is 0 Å². The molecule has 15 heavy (non-hydrogen) atoms. The van der Waals surface area contributed by atoms with Crippen LogP contribution in [0.25, 0.3) is 0 Å². The van der Waals surface area contributed by atoms with Gasteiger partial charge in [0, 0.05) is 9.13 Å². The Kier molecular flexibility index (Phi) is 3.74. The van der Waals surface area contributed by atoms with Crippen molar-refractivity contribution < 1.29 is 26.7 Å². The Morgan fingerprint density at radius 3 is 2.20 bits per heavy atom. The Bertz CT molecular complexity index is 349. The van der Waals surface area contributed by atoms with Crippen molar-refractivity contribution in [3.63, 3.8) is 0 Å². The summed E-state index contributed by atoms with van der Waals surface area (Å²) in [5, 5.41) is 0. The number of rotatable bonds is 2. The number of ether oxygens (including phenoxy) is 1. The van der Waals surface area contributed by atoms with Gasteiger partial charge in [-0.15, -0.1) is 13.2 Å².